The van der Waals surface area contributed by atoms with E-state index in [2.05, 4.69) is 20.1 Å². The fourth-order valence-corrected chi connectivity index (χ4v) is 12.2. The van der Waals surface area contributed by atoms with E-state index in [9.17, 15) is 36.0 Å². The van der Waals surface area contributed by atoms with E-state index in [1.54, 1.807) is 39.0 Å². The topological polar surface area (TPSA) is 236 Å². The van der Waals surface area contributed by atoms with Crippen LogP contribution in [0.25, 0.3) is 0 Å². The van der Waals surface area contributed by atoms with Crippen LogP contribution in [0.4, 0.5) is 4.79 Å². The maximum atomic E-state index is 15.0. The summed E-state index contributed by atoms with van der Waals surface area (Å²) in [6.07, 6.45) is 3.36. The number of nitrogens with one attached hydrogen (secondary N) is 4. The lowest BCUT2D eigenvalue weighted by Gasteiger charge is -2.37. The van der Waals surface area contributed by atoms with Crippen LogP contribution in [0.15, 0.2) is 47.4 Å². The predicted octanol–water partition coefficient (Wildman–Crippen LogP) is 3.19. The van der Waals surface area contributed by atoms with E-state index in [0.717, 1.165) is 30.4 Å². The molecule has 3 saturated carbocycles. The van der Waals surface area contributed by atoms with Crippen molar-refractivity contribution in [2.75, 3.05) is 13.3 Å². The molecule has 6 aliphatic rings. The molecule has 0 unspecified atom stereocenters. The first-order chi connectivity index (χ1) is 30.3. The second-order valence-electron chi connectivity index (χ2n) is 19.1. The van der Waals surface area contributed by atoms with Gasteiger partial charge in [0.05, 0.1) is 16.7 Å². The highest BCUT2D eigenvalue weighted by Gasteiger charge is 2.62. The largest absolute Gasteiger partial charge is 0.454 e. The van der Waals surface area contributed by atoms with E-state index < -0.39 is 90.2 Å². The zero-order chi connectivity index (χ0) is 45.8. The molecular formula is C44H58N6O12S2. The SMILES string of the molecule is CC[C@H]1C[C@@]1(NC(=O)[C@@H]1C[C@@H](OC(=O)N2Cc3cc4c(cc3C2)OCO4)CN1C(=O)[C@@H](NC(=O)[C@@H](NS(=O)(=O)c1ccccc1)C1CCCCC1)C(C)(C)C)C(=O)NS(=O)(=O)C1CC1. The summed E-state index contributed by atoms with van der Waals surface area (Å²) in [4.78, 5) is 74.3. The summed E-state index contributed by atoms with van der Waals surface area (Å²) >= 11 is 0. The van der Waals surface area contributed by atoms with Crippen LogP contribution in [0, 0.1) is 17.3 Å². The van der Waals surface area contributed by atoms with E-state index in [0.29, 0.717) is 43.6 Å². The molecule has 2 aromatic carbocycles. The zero-order valence-corrected chi connectivity index (χ0v) is 38.2. The molecule has 4 N–H and O–H groups in total. The molecule has 20 heteroatoms. The number of likely N-dealkylation sites (tertiary alicyclic amines) is 1. The summed E-state index contributed by atoms with van der Waals surface area (Å²) < 4.78 is 74.9. The maximum absolute atomic E-state index is 15.0. The van der Waals surface area contributed by atoms with Crippen molar-refractivity contribution < 1.29 is 55.0 Å². The summed E-state index contributed by atoms with van der Waals surface area (Å²) in [6.45, 7) is 7.31. The Labute approximate surface area is 374 Å². The summed E-state index contributed by atoms with van der Waals surface area (Å²) in [7, 11) is -8.11. The van der Waals surface area contributed by atoms with Crippen molar-refractivity contribution in [3.8, 4) is 11.5 Å². The van der Waals surface area contributed by atoms with Gasteiger partial charge in [0.25, 0.3) is 5.91 Å². The van der Waals surface area contributed by atoms with E-state index in [4.69, 9.17) is 14.2 Å². The van der Waals surface area contributed by atoms with Gasteiger partial charge in [-0.15, -0.1) is 0 Å². The number of sulfonamides is 2. The Morgan fingerprint density at radius 1 is 0.906 bits per heavy atom. The number of benzene rings is 2. The summed E-state index contributed by atoms with van der Waals surface area (Å²) in [5, 5.41) is 5.01. The lowest BCUT2D eigenvalue weighted by atomic mass is 9.82. The van der Waals surface area contributed by atoms with Gasteiger partial charge in [0, 0.05) is 19.5 Å². The van der Waals surface area contributed by atoms with Crippen molar-refractivity contribution in [2.24, 2.45) is 17.3 Å². The van der Waals surface area contributed by atoms with Gasteiger partial charge >= 0.3 is 6.09 Å². The smallest absolute Gasteiger partial charge is 0.410 e. The summed E-state index contributed by atoms with van der Waals surface area (Å²) in [5.41, 5.74) is -0.835. The Hall–Kier alpha value is -4.95. The van der Waals surface area contributed by atoms with Gasteiger partial charge in [0.1, 0.15) is 29.8 Å². The Morgan fingerprint density at radius 3 is 2.12 bits per heavy atom. The van der Waals surface area contributed by atoms with Gasteiger partial charge in [0.15, 0.2) is 11.5 Å². The summed E-state index contributed by atoms with van der Waals surface area (Å²) in [5.74, 6) is -2.57. The van der Waals surface area contributed by atoms with E-state index in [1.165, 1.54) is 21.9 Å². The van der Waals surface area contributed by atoms with Crippen LogP contribution in [-0.2, 0) is 57.1 Å². The van der Waals surface area contributed by atoms with Crippen molar-refractivity contribution in [3.05, 3.63) is 53.6 Å². The molecule has 6 atom stereocenters. The summed E-state index contributed by atoms with van der Waals surface area (Å²) in [6, 6.07) is 7.52. The van der Waals surface area contributed by atoms with Crippen LogP contribution < -0.4 is 29.6 Å². The molecule has 0 bridgehead atoms. The zero-order valence-electron chi connectivity index (χ0n) is 36.6. The van der Waals surface area contributed by atoms with Gasteiger partial charge in [-0.25, -0.2) is 21.6 Å². The number of rotatable bonds is 14. The van der Waals surface area contributed by atoms with E-state index in [1.807, 2.05) is 19.1 Å². The van der Waals surface area contributed by atoms with Crippen molar-refractivity contribution in [2.45, 2.75) is 145 Å². The third-order valence-corrected chi connectivity index (χ3v) is 16.8. The number of carbonyl (C=O) groups is 5. The highest BCUT2D eigenvalue weighted by Crippen LogP contribution is 2.47. The van der Waals surface area contributed by atoms with Gasteiger partial charge in [0.2, 0.25) is 44.6 Å². The molecule has 0 aromatic heterocycles. The first-order valence-electron chi connectivity index (χ1n) is 22.2. The molecule has 3 aliphatic carbocycles. The van der Waals surface area contributed by atoms with E-state index in [-0.39, 0.29) is 56.0 Å². The molecule has 3 aliphatic heterocycles. The molecule has 18 nitrogen and oxygen atoms in total. The van der Waals surface area contributed by atoms with E-state index >= 15 is 4.79 Å². The molecule has 1 saturated heterocycles. The second-order valence-corrected chi connectivity index (χ2v) is 22.8. The number of nitrogens with zero attached hydrogens (tertiary/aromatic N) is 2. The van der Waals surface area contributed by atoms with Crippen LogP contribution in [0.5, 0.6) is 11.5 Å². The molecular weight excluding hydrogens is 869 g/mol. The molecule has 0 spiro atoms. The van der Waals surface area contributed by atoms with Gasteiger partial charge in [-0.05, 0) is 84.7 Å². The number of ether oxygens (including phenoxy) is 3. The number of amides is 5. The lowest BCUT2D eigenvalue weighted by molar-refractivity contribution is -0.145. The first-order valence-corrected chi connectivity index (χ1v) is 25.3. The number of fused-ring (bicyclic) bond motifs is 2. The van der Waals surface area contributed by atoms with Gasteiger partial charge in [-0.3, -0.25) is 28.8 Å². The Morgan fingerprint density at radius 2 is 1.55 bits per heavy atom. The van der Waals surface area contributed by atoms with Gasteiger partial charge in [-0.1, -0.05) is 71.6 Å². The molecule has 0 radical (unpaired) electrons. The van der Waals surface area contributed by atoms with Crippen molar-refractivity contribution in [1.29, 1.82) is 0 Å². The normalized spacial score (nSPS) is 25.2. The minimum atomic E-state index is -4.16. The standard InChI is InChI=1S/C44H58N6O12S2/c1-5-29-21-44(29,41(54)48-64(58,59)32-16-17-32)46-38(51)33-20-30(62-42(55)49-22-27-18-34-35(61-25-60-34)19-28(27)23-49)24-50(33)40(53)37(43(2,3)4)45-39(52)36(26-12-8-6-9-13-26)47-63(56,57)31-14-10-7-11-15-31/h7,10-11,14-15,18-19,26,29-30,32-33,36-37,47H,5-6,8-9,12-13,16-17,20-25H2,1-4H3,(H,45,52)(H,46,51)(H,48,54)/t29-,30+,33-,36-,37+,44-/m0/s1. The molecule has 64 heavy (non-hydrogen) atoms. The third kappa shape index (κ3) is 9.40. The van der Waals surface area contributed by atoms with Gasteiger partial charge in [-0.2, -0.15) is 4.72 Å². The second kappa shape index (κ2) is 17.5. The molecule has 5 amide bonds. The fraction of sp³-hybridized carbons (Fsp3) is 0.614. The number of hydrogen-bond donors (Lipinski definition) is 4. The monoisotopic (exact) mass is 926 g/mol. The minimum Gasteiger partial charge on any atom is -0.454 e. The van der Waals surface area contributed by atoms with Crippen LogP contribution >= 0.6 is 0 Å². The van der Waals surface area contributed by atoms with Crippen LogP contribution in [0.1, 0.15) is 103 Å². The first kappa shape index (κ1) is 45.6. The molecule has 3 heterocycles. The molecule has 2 aromatic rings. The third-order valence-electron chi connectivity index (χ3n) is 13.5. The van der Waals surface area contributed by atoms with Crippen molar-refractivity contribution in [3.63, 3.8) is 0 Å². The van der Waals surface area contributed by atoms with Crippen LogP contribution in [0.3, 0.4) is 0 Å². The lowest BCUT2D eigenvalue weighted by Crippen LogP contribution is -2.62. The average Bonchev–Trinajstić information content (AvgIpc) is 4.09. The van der Waals surface area contributed by atoms with Crippen LogP contribution in [-0.4, -0.2) is 105 Å². The highest BCUT2D eigenvalue weighted by atomic mass is 32.2. The van der Waals surface area contributed by atoms with Crippen molar-refractivity contribution >= 4 is 49.8 Å². The average molecular weight is 927 g/mol. The molecule has 4 fully saturated rings. The Balaban J connectivity index is 1.05. The Bertz CT molecular complexity index is 2370. The van der Waals surface area contributed by atoms with Crippen LogP contribution in [0.2, 0.25) is 0 Å². The Kier molecular flexibility index (Phi) is 12.4. The quantitative estimate of drug-likeness (QED) is 0.214. The molecule has 8 rings (SSSR count). The maximum Gasteiger partial charge on any atom is 0.410 e. The van der Waals surface area contributed by atoms with Gasteiger partial charge < -0.3 is 29.7 Å². The minimum absolute atomic E-state index is 0.0133. The number of hydrogen-bond acceptors (Lipinski definition) is 12. The highest BCUT2D eigenvalue weighted by molar-refractivity contribution is 7.91. The fourth-order valence-electron chi connectivity index (χ4n) is 9.52. The predicted molar refractivity (Wildman–Crippen MR) is 230 cm³/mol. The molecule has 348 valence electrons. The number of carbonyl (C=O) groups excluding carboxylic acids is 5. The van der Waals surface area contributed by atoms with Crippen molar-refractivity contribution in [1.82, 2.24) is 29.9 Å².